The average molecular weight is 438 g/mol. The highest BCUT2D eigenvalue weighted by Crippen LogP contribution is 2.36. The Labute approximate surface area is 191 Å². The first-order valence-corrected chi connectivity index (χ1v) is 11.5. The smallest absolute Gasteiger partial charge is 0.259 e. The molecule has 3 aromatic carbocycles. The zero-order valence-electron chi connectivity index (χ0n) is 17.5. The Balaban J connectivity index is 1.44. The summed E-state index contributed by atoms with van der Waals surface area (Å²) >= 11 is 1.48. The number of aliphatic hydroxyl groups excluding tert-OH is 1. The fourth-order valence-electron chi connectivity index (χ4n) is 4.22. The molecule has 0 fully saturated rings. The molecular formula is C28H23NO2S. The second kappa shape index (κ2) is 8.85. The van der Waals surface area contributed by atoms with Crippen molar-refractivity contribution in [3.05, 3.63) is 124 Å². The Morgan fingerprint density at radius 1 is 0.750 bits per heavy atom. The number of hydrogen-bond acceptors (Lipinski definition) is 3. The van der Waals surface area contributed by atoms with Crippen molar-refractivity contribution >= 4 is 22.8 Å². The van der Waals surface area contributed by atoms with Crippen LogP contribution in [0, 0.1) is 0 Å². The lowest BCUT2D eigenvalue weighted by Crippen LogP contribution is -2.36. The molecule has 0 radical (unpaired) electrons. The van der Waals surface area contributed by atoms with Gasteiger partial charge in [0.05, 0.1) is 11.6 Å². The first kappa shape index (κ1) is 20.3. The highest BCUT2D eigenvalue weighted by Gasteiger charge is 2.40. The van der Waals surface area contributed by atoms with Gasteiger partial charge in [-0.25, -0.2) is 0 Å². The van der Waals surface area contributed by atoms with E-state index in [1.54, 1.807) is 4.90 Å². The maximum absolute atomic E-state index is 13.4. The predicted molar refractivity (Wildman–Crippen MR) is 130 cm³/mol. The van der Waals surface area contributed by atoms with E-state index in [1.807, 2.05) is 66.0 Å². The van der Waals surface area contributed by atoms with Crippen molar-refractivity contribution in [2.45, 2.75) is 19.0 Å². The lowest BCUT2D eigenvalue weighted by molar-refractivity contribution is -0.126. The number of aliphatic hydroxyl groups is 1. The van der Waals surface area contributed by atoms with Crippen molar-refractivity contribution in [3.63, 3.8) is 0 Å². The van der Waals surface area contributed by atoms with E-state index in [9.17, 15) is 9.90 Å². The van der Waals surface area contributed by atoms with Crippen LogP contribution in [0.3, 0.4) is 0 Å². The molecule has 1 aromatic heterocycles. The van der Waals surface area contributed by atoms with Crippen LogP contribution >= 0.6 is 11.3 Å². The zero-order chi connectivity index (χ0) is 21.9. The Bertz CT molecular complexity index is 1230. The maximum Gasteiger partial charge on any atom is 0.259 e. The van der Waals surface area contributed by atoms with Crippen molar-refractivity contribution < 1.29 is 9.90 Å². The zero-order valence-corrected chi connectivity index (χ0v) is 18.3. The standard InChI is InChI=1S/C28H23NO2S/c30-27-24(18-20-8-3-1-4-9-20)29(28(31)26(27)25-12-7-17-32-25)19-21-13-15-23(16-14-21)22-10-5-2-6-11-22/h1-17,24,30H,18-19H2/t24-/m0/s1. The van der Waals surface area contributed by atoms with E-state index < -0.39 is 0 Å². The van der Waals surface area contributed by atoms with E-state index in [0.29, 0.717) is 18.5 Å². The lowest BCUT2D eigenvalue weighted by atomic mass is 10.0. The van der Waals surface area contributed by atoms with Gasteiger partial charge in [0.2, 0.25) is 0 Å². The first-order chi connectivity index (χ1) is 15.7. The van der Waals surface area contributed by atoms with Crippen LogP contribution < -0.4 is 0 Å². The highest BCUT2D eigenvalue weighted by atomic mass is 32.1. The first-order valence-electron chi connectivity index (χ1n) is 10.7. The van der Waals surface area contributed by atoms with Gasteiger partial charge in [-0.15, -0.1) is 11.3 Å². The summed E-state index contributed by atoms with van der Waals surface area (Å²) < 4.78 is 0. The van der Waals surface area contributed by atoms with Crippen molar-refractivity contribution in [2.75, 3.05) is 0 Å². The number of carbonyl (C=O) groups excluding carboxylic acids is 1. The summed E-state index contributed by atoms with van der Waals surface area (Å²) in [6, 6.07) is 32.0. The van der Waals surface area contributed by atoms with Gasteiger partial charge < -0.3 is 10.0 Å². The molecular weight excluding hydrogens is 414 g/mol. The topological polar surface area (TPSA) is 40.5 Å². The summed E-state index contributed by atoms with van der Waals surface area (Å²) in [5, 5.41) is 13.0. The van der Waals surface area contributed by atoms with Gasteiger partial charge >= 0.3 is 0 Å². The third-order valence-electron chi connectivity index (χ3n) is 5.88. The molecule has 1 aliphatic heterocycles. The fourth-order valence-corrected chi connectivity index (χ4v) is 4.99. The number of nitrogens with zero attached hydrogens (tertiary/aromatic N) is 1. The van der Waals surface area contributed by atoms with E-state index in [4.69, 9.17) is 0 Å². The van der Waals surface area contributed by atoms with E-state index in [0.717, 1.165) is 27.1 Å². The Morgan fingerprint density at radius 3 is 2.06 bits per heavy atom. The SMILES string of the molecule is O=C1C(c2cccs2)=C(O)[C@H](Cc2ccccc2)N1Cc1ccc(-c2ccccc2)cc1. The maximum atomic E-state index is 13.4. The molecule has 2 heterocycles. The van der Waals surface area contributed by atoms with Crippen LogP contribution in [0.4, 0.5) is 0 Å². The summed E-state index contributed by atoms with van der Waals surface area (Å²) in [6.07, 6.45) is 0.579. The van der Waals surface area contributed by atoms with Crippen molar-refractivity contribution in [1.82, 2.24) is 4.90 Å². The molecule has 0 bridgehead atoms. The van der Waals surface area contributed by atoms with Crippen LogP contribution in [-0.2, 0) is 17.8 Å². The van der Waals surface area contributed by atoms with Crippen LogP contribution in [0.15, 0.2) is 108 Å². The van der Waals surface area contributed by atoms with E-state index >= 15 is 0 Å². The molecule has 0 unspecified atom stereocenters. The van der Waals surface area contributed by atoms with Crippen LogP contribution in [0.25, 0.3) is 16.7 Å². The summed E-state index contributed by atoms with van der Waals surface area (Å²) in [6.45, 7) is 0.449. The second-order valence-electron chi connectivity index (χ2n) is 7.94. The van der Waals surface area contributed by atoms with Gasteiger partial charge in [-0.2, -0.15) is 0 Å². The monoisotopic (exact) mass is 437 g/mol. The summed E-state index contributed by atoms with van der Waals surface area (Å²) in [4.78, 5) is 16.0. The van der Waals surface area contributed by atoms with Crippen LogP contribution in [0.5, 0.6) is 0 Å². The third kappa shape index (κ3) is 3.97. The summed E-state index contributed by atoms with van der Waals surface area (Å²) in [5.74, 6) is 0.0558. The molecule has 4 aromatic rings. The Hall–Kier alpha value is -3.63. The quantitative estimate of drug-likeness (QED) is 0.382. The molecule has 0 aliphatic carbocycles. The molecule has 1 atom stereocenters. The number of amides is 1. The van der Waals surface area contributed by atoms with Gasteiger partial charge in [-0.05, 0) is 33.7 Å². The number of hydrogen-bond donors (Lipinski definition) is 1. The lowest BCUT2D eigenvalue weighted by Gasteiger charge is -2.26. The molecule has 0 saturated carbocycles. The third-order valence-corrected chi connectivity index (χ3v) is 6.76. The largest absolute Gasteiger partial charge is 0.509 e. The normalized spacial score (nSPS) is 16.1. The van der Waals surface area contributed by atoms with Gasteiger partial charge in [0.15, 0.2) is 0 Å². The molecule has 158 valence electrons. The molecule has 5 rings (SSSR count). The Morgan fingerprint density at radius 2 is 1.41 bits per heavy atom. The number of thiophene rings is 1. The number of carbonyl (C=O) groups is 1. The van der Waals surface area contributed by atoms with Crippen molar-refractivity contribution in [2.24, 2.45) is 0 Å². The van der Waals surface area contributed by atoms with Crippen molar-refractivity contribution in [1.29, 1.82) is 0 Å². The van der Waals surface area contributed by atoms with E-state index in [2.05, 4.69) is 36.4 Å². The van der Waals surface area contributed by atoms with E-state index in [-0.39, 0.29) is 17.7 Å². The fraction of sp³-hybridized carbons (Fsp3) is 0.107. The number of rotatable bonds is 6. The van der Waals surface area contributed by atoms with Crippen LogP contribution in [0.1, 0.15) is 16.0 Å². The minimum Gasteiger partial charge on any atom is -0.509 e. The minimum absolute atomic E-state index is 0.113. The summed E-state index contributed by atoms with van der Waals surface area (Å²) in [7, 11) is 0. The molecule has 1 N–H and O–H groups in total. The summed E-state index contributed by atoms with van der Waals surface area (Å²) in [5.41, 5.74) is 4.87. The van der Waals surface area contributed by atoms with Gasteiger partial charge in [-0.1, -0.05) is 91.0 Å². The van der Waals surface area contributed by atoms with Crippen LogP contribution in [-0.4, -0.2) is 22.0 Å². The van der Waals surface area contributed by atoms with Gasteiger partial charge in [0.25, 0.3) is 5.91 Å². The Kier molecular flexibility index (Phi) is 5.61. The molecule has 3 nitrogen and oxygen atoms in total. The second-order valence-corrected chi connectivity index (χ2v) is 8.89. The average Bonchev–Trinajstić information content (AvgIpc) is 3.44. The molecule has 1 amide bonds. The number of benzene rings is 3. The van der Waals surface area contributed by atoms with Gasteiger partial charge in [0, 0.05) is 17.8 Å². The minimum atomic E-state index is -0.379. The van der Waals surface area contributed by atoms with Gasteiger partial charge in [-0.3, -0.25) is 4.79 Å². The molecule has 32 heavy (non-hydrogen) atoms. The van der Waals surface area contributed by atoms with E-state index in [1.165, 1.54) is 11.3 Å². The van der Waals surface area contributed by atoms with Crippen LogP contribution in [0.2, 0.25) is 0 Å². The predicted octanol–water partition coefficient (Wildman–Crippen LogP) is 6.34. The molecule has 4 heteroatoms. The van der Waals surface area contributed by atoms with Gasteiger partial charge in [0.1, 0.15) is 5.76 Å². The van der Waals surface area contributed by atoms with Crippen molar-refractivity contribution in [3.8, 4) is 11.1 Å². The molecule has 0 spiro atoms. The highest BCUT2D eigenvalue weighted by molar-refractivity contribution is 7.11. The molecule has 0 saturated heterocycles. The molecule has 1 aliphatic rings.